The van der Waals surface area contributed by atoms with Crippen molar-refractivity contribution in [1.29, 1.82) is 0 Å². The highest BCUT2D eigenvalue weighted by Gasteiger charge is 2.41. The van der Waals surface area contributed by atoms with Crippen molar-refractivity contribution >= 4 is 11.8 Å². The molecule has 0 bridgehead atoms. The van der Waals surface area contributed by atoms with Crippen LogP contribution >= 0.6 is 0 Å². The SMILES string of the molecule is Cc1cc(C(=O)N[C@@H]2CC(=O)N(C)[C@H]2c2ccnn2C)no1. The Balaban J connectivity index is 1.84. The Morgan fingerprint density at radius 2 is 2.23 bits per heavy atom. The quantitative estimate of drug-likeness (QED) is 0.887. The van der Waals surface area contributed by atoms with Crippen LogP contribution in [0.1, 0.15) is 34.4 Å². The summed E-state index contributed by atoms with van der Waals surface area (Å²) in [5, 5.41) is 10.7. The van der Waals surface area contributed by atoms with E-state index < -0.39 is 0 Å². The van der Waals surface area contributed by atoms with E-state index >= 15 is 0 Å². The molecule has 0 aliphatic carbocycles. The summed E-state index contributed by atoms with van der Waals surface area (Å²) < 4.78 is 6.62. The fraction of sp³-hybridized carbons (Fsp3) is 0.429. The molecule has 0 unspecified atom stereocenters. The second-order valence-electron chi connectivity index (χ2n) is 5.44. The molecule has 22 heavy (non-hydrogen) atoms. The van der Waals surface area contributed by atoms with Crippen molar-refractivity contribution in [2.24, 2.45) is 7.05 Å². The van der Waals surface area contributed by atoms with Crippen LogP contribution in [0.5, 0.6) is 0 Å². The summed E-state index contributed by atoms with van der Waals surface area (Å²) in [4.78, 5) is 25.9. The van der Waals surface area contributed by atoms with Crippen molar-refractivity contribution in [2.75, 3.05) is 7.05 Å². The largest absolute Gasteiger partial charge is 0.361 e. The first kappa shape index (κ1) is 14.3. The number of aromatic nitrogens is 3. The van der Waals surface area contributed by atoms with Gasteiger partial charge in [0.1, 0.15) is 5.76 Å². The number of carbonyl (C=O) groups excluding carboxylic acids is 2. The fourth-order valence-electron chi connectivity index (χ4n) is 2.79. The predicted octanol–water partition coefficient (Wildman–Crippen LogP) is 0.418. The van der Waals surface area contributed by atoms with Gasteiger partial charge in [0.25, 0.3) is 5.91 Å². The summed E-state index contributed by atoms with van der Waals surface area (Å²) >= 11 is 0. The number of nitrogens with one attached hydrogen (secondary N) is 1. The molecule has 2 atom stereocenters. The molecule has 2 amide bonds. The van der Waals surface area contributed by atoms with Crippen LogP contribution in [-0.4, -0.2) is 44.7 Å². The van der Waals surface area contributed by atoms with Crippen LogP contribution < -0.4 is 5.32 Å². The second kappa shape index (κ2) is 5.28. The first-order chi connectivity index (χ1) is 10.5. The molecule has 1 fully saturated rings. The third-order valence-corrected chi connectivity index (χ3v) is 3.93. The maximum Gasteiger partial charge on any atom is 0.273 e. The summed E-state index contributed by atoms with van der Waals surface area (Å²) in [6, 6.07) is 2.82. The van der Waals surface area contributed by atoms with Gasteiger partial charge in [0.15, 0.2) is 5.69 Å². The monoisotopic (exact) mass is 303 g/mol. The normalized spacial score (nSPS) is 21.4. The second-order valence-corrected chi connectivity index (χ2v) is 5.44. The first-order valence-electron chi connectivity index (χ1n) is 6.95. The van der Waals surface area contributed by atoms with Crippen molar-refractivity contribution in [1.82, 2.24) is 25.2 Å². The maximum atomic E-state index is 12.2. The highest BCUT2D eigenvalue weighted by Crippen LogP contribution is 2.31. The zero-order valence-corrected chi connectivity index (χ0v) is 12.6. The molecule has 0 aromatic carbocycles. The van der Waals surface area contributed by atoms with E-state index in [-0.39, 0.29) is 36.0 Å². The van der Waals surface area contributed by atoms with E-state index in [4.69, 9.17) is 4.52 Å². The van der Waals surface area contributed by atoms with Crippen LogP contribution in [0, 0.1) is 6.92 Å². The van der Waals surface area contributed by atoms with Gasteiger partial charge in [-0.1, -0.05) is 5.16 Å². The maximum absolute atomic E-state index is 12.2. The van der Waals surface area contributed by atoms with Crippen LogP contribution in [0.15, 0.2) is 22.9 Å². The average Bonchev–Trinajstić information content (AvgIpc) is 3.13. The summed E-state index contributed by atoms with van der Waals surface area (Å²) in [7, 11) is 3.54. The number of aryl methyl sites for hydroxylation is 2. The predicted molar refractivity (Wildman–Crippen MR) is 75.8 cm³/mol. The van der Waals surface area contributed by atoms with Gasteiger partial charge < -0.3 is 14.7 Å². The van der Waals surface area contributed by atoms with E-state index in [1.165, 1.54) is 0 Å². The lowest BCUT2D eigenvalue weighted by Gasteiger charge is -2.25. The topological polar surface area (TPSA) is 93.3 Å². The van der Waals surface area contributed by atoms with Gasteiger partial charge in [0, 0.05) is 32.8 Å². The molecule has 1 N–H and O–H groups in total. The number of amides is 2. The van der Waals surface area contributed by atoms with Gasteiger partial charge in [-0.2, -0.15) is 5.10 Å². The molecular weight excluding hydrogens is 286 g/mol. The number of hydrogen-bond donors (Lipinski definition) is 1. The number of nitrogens with zero attached hydrogens (tertiary/aromatic N) is 4. The van der Waals surface area contributed by atoms with Crippen molar-refractivity contribution in [3.8, 4) is 0 Å². The minimum absolute atomic E-state index is 0.0205. The molecule has 0 radical (unpaired) electrons. The van der Waals surface area contributed by atoms with Gasteiger partial charge in [-0.05, 0) is 13.0 Å². The Morgan fingerprint density at radius 3 is 2.82 bits per heavy atom. The zero-order chi connectivity index (χ0) is 15.9. The molecule has 0 spiro atoms. The van der Waals surface area contributed by atoms with Crippen molar-refractivity contribution < 1.29 is 14.1 Å². The molecule has 8 nitrogen and oxygen atoms in total. The Hall–Kier alpha value is -2.64. The standard InChI is InChI=1S/C14H17N5O3/c1-8-6-10(17-22-8)14(21)16-9-7-12(20)18(2)13(9)11-4-5-15-19(11)3/h4-6,9,13H,7H2,1-3H3,(H,16,21)/t9-,13-/m1/s1. The highest BCUT2D eigenvalue weighted by atomic mass is 16.5. The zero-order valence-electron chi connectivity index (χ0n) is 12.6. The summed E-state index contributed by atoms with van der Waals surface area (Å²) in [5.74, 6) is 0.193. The molecule has 3 heterocycles. The van der Waals surface area contributed by atoms with E-state index in [0.717, 1.165) is 5.69 Å². The lowest BCUT2D eigenvalue weighted by atomic mass is 10.1. The Morgan fingerprint density at radius 1 is 1.45 bits per heavy atom. The Bertz CT molecular complexity index is 720. The lowest BCUT2D eigenvalue weighted by molar-refractivity contribution is -0.127. The highest BCUT2D eigenvalue weighted by molar-refractivity contribution is 5.93. The van der Waals surface area contributed by atoms with E-state index in [1.54, 1.807) is 35.8 Å². The summed E-state index contributed by atoms with van der Waals surface area (Å²) in [5.41, 5.74) is 1.08. The van der Waals surface area contributed by atoms with Gasteiger partial charge in [-0.3, -0.25) is 14.3 Å². The third kappa shape index (κ3) is 2.36. The van der Waals surface area contributed by atoms with Crippen LogP contribution in [-0.2, 0) is 11.8 Å². The first-order valence-corrected chi connectivity index (χ1v) is 6.95. The fourth-order valence-corrected chi connectivity index (χ4v) is 2.79. The molecule has 1 saturated heterocycles. The molecule has 8 heteroatoms. The summed E-state index contributed by atoms with van der Waals surface area (Å²) in [6.07, 6.45) is 1.92. The molecule has 2 aromatic rings. The molecule has 3 rings (SSSR count). The molecule has 1 aliphatic heterocycles. The van der Waals surface area contributed by atoms with Gasteiger partial charge in [-0.25, -0.2) is 0 Å². The van der Waals surface area contributed by atoms with E-state index in [0.29, 0.717) is 5.76 Å². The van der Waals surface area contributed by atoms with Crippen LogP contribution in [0.2, 0.25) is 0 Å². The van der Waals surface area contributed by atoms with E-state index in [1.807, 2.05) is 13.1 Å². The Kier molecular flexibility index (Phi) is 3.44. The molecule has 1 aliphatic rings. The van der Waals surface area contributed by atoms with Crippen molar-refractivity contribution in [3.05, 3.63) is 35.5 Å². The van der Waals surface area contributed by atoms with Crippen LogP contribution in [0.4, 0.5) is 0 Å². The lowest BCUT2D eigenvalue weighted by Crippen LogP contribution is -2.39. The minimum atomic E-state index is -0.350. The van der Waals surface area contributed by atoms with E-state index in [2.05, 4.69) is 15.6 Å². The van der Waals surface area contributed by atoms with Gasteiger partial charge >= 0.3 is 0 Å². The van der Waals surface area contributed by atoms with Crippen molar-refractivity contribution in [2.45, 2.75) is 25.4 Å². The number of hydrogen-bond acceptors (Lipinski definition) is 5. The number of carbonyl (C=O) groups is 2. The van der Waals surface area contributed by atoms with Crippen LogP contribution in [0.3, 0.4) is 0 Å². The van der Waals surface area contributed by atoms with Crippen molar-refractivity contribution in [3.63, 3.8) is 0 Å². The summed E-state index contributed by atoms with van der Waals surface area (Å²) in [6.45, 7) is 1.72. The van der Waals surface area contributed by atoms with Gasteiger partial charge in [0.05, 0.1) is 17.8 Å². The minimum Gasteiger partial charge on any atom is -0.361 e. The molecule has 0 saturated carbocycles. The molecule has 2 aromatic heterocycles. The van der Waals surface area contributed by atoms with E-state index in [9.17, 15) is 9.59 Å². The molecule has 116 valence electrons. The Labute approximate surface area is 127 Å². The number of likely N-dealkylation sites (tertiary alicyclic amines) is 1. The average molecular weight is 303 g/mol. The van der Waals surface area contributed by atoms with Gasteiger partial charge in [0.2, 0.25) is 5.91 Å². The van der Waals surface area contributed by atoms with Crippen LogP contribution in [0.25, 0.3) is 0 Å². The molecular formula is C14H17N5O3. The number of rotatable bonds is 3. The number of likely N-dealkylation sites (N-methyl/N-ethyl adjacent to an activating group) is 1. The van der Waals surface area contributed by atoms with Gasteiger partial charge in [-0.15, -0.1) is 0 Å². The smallest absolute Gasteiger partial charge is 0.273 e. The third-order valence-electron chi connectivity index (χ3n) is 3.93.